The summed E-state index contributed by atoms with van der Waals surface area (Å²) in [6.07, 6.45) is 0.731. The molecule has 2 amide bonds. The highest BCUT2D eigenvalue weighted by atomic mass is 35.5. The van der Waals surface area contributed by atoms with Crippen molar-refractivity contribution in [2.75, 3.05) is 6.54 Å². The highest BCUT2D eigenvalue weighted by Gasteiger charge is 2.17. The van der Waals surface area contributed by atoms with Crippen LogP contribution in [0.5, 0.6) is 0 Å². The third-order valence-electron chi connectivity index (χ3n) is 4.26. The van der Waals surface area contributed by atoms with Gasteiger partial charge in [0.1, 0.15) is 5.82 Å². The van der Waals surface area contributed by atoms with Crippen LogP contribution in [0, 0.1) is 0 Å². The molecule has 0 aliphatic carbocycles. The van der Waals surface area contributed by atoms with Crippen LogP contribution in [0.15, 0.2) is 47.3 Å². The molecule has 0 atom stereocenters. The summed E-state index contributed by atoms with van der Waals surface area (Å²) in [5.41, 5.74) is 6.17. The van der Waals surface area contributed by atoms with Gasteiger partial charge < -0.3 is 15.6 Å². The van der Waals surface area contributed by atoms with E-state index >= 15 is 0 Å². The van der Waals surface area contributed by atoms with Gasteiger partial charge in [0.05, 0.1) is 17.4 Å². The Hall–Kier alpha value is -3.19. The molecular formula is C20H19ClN4O3. The number of H-pyrrole nitrogens is 1. The number of hydrogen-bond donors (Lipinski definition) is 2. The van der Waals surface area contributed by atoms with E-state index in [4.69, 9.17) is 17.3 Å². The minimum Gasteiger partial charge on any atom is -0.366 e. The summed E-state index contributed by atoms with van der Waals surface area (Å²) in [6, 6.07) is 11.0. The summed E-state index contributed by atoms with van der Waals surface area (Å²) in [7, 11) is 0. The minimum absolute atomic E-state index is 0.141. The molecule has 3 aromatic rings. The number of amides is 2. The van der Waals surface area contributed by atoms with E-state index in [1.807, 2.05) is 6.92 Å². The molecule has 0 fully saturated rings. The average Bonchev–Trinajstić information content (AvgIpc) is 2.67. The Morgan fingerprint density at radius 3 is 2.46 bits per heavy atom. The molecule has 0 saturated carbocycles. The van der Waals surface area contributed by atoms with Crippen LogP contribution in [0.1, 0.15) is 39.9 Å². The molecule has 3 N–H and O–H groups in total. The van der Waals surface area contributed by atoms with E-state index in [0.29, 0.717) is 39.4 Å². The number of rotatable bonds is 6. The summed E-state index contributed by atoms with van der Waals surface area (Å²) in [4.78, 5) is 45.1. The lowest BCUT2D eigenvalue weighted by Gasteiger charge is -2.22. The SMILES string of the molecule is CCCN(Cc1nc2cc(Cl)ccc2c(=O)[nH]1)C(=O)c1ccc(C(N)=O)cc1. The van der Waals surface area contributed by atoms with E-state index in [1.165, 1.54) is 12.1 Å². The van der Waals surface area contributed by atoms with Gasteiger partial charge in [-0.3, -0.25) is 14.4 Å². The van der Waals surface area contributed by atoms with Gasteiger partial charge in [0, 0.05) is 22.7 Å². The largest absolute Gasteiger partial charge is 0.366 e. The highest BCUT2D eigenvalue weighted by molar-refractivity contribution is 6.31. The third kappa shape index (κ3) is 4.20. The molecule has 0 unspecified atom stereocenters. The van der Waals surface area contributed by atoms with Crippen LogP contribution in [-0.4, -0.2) is 33.2 Å². The predicted molar refractivity (Wildman–Crippen MR) is 107 cm³/mol. The first-order chi connectivity index (χ1) is 13.4. The zero-order chi connectivity index (χ0) is 20.3. The van der Waals surface area contributed by atoms with Gasteiger partial charge in [0.15, 0.2) is 0 Å². The summed E-state index contributed by atoms with van der Waals surface area (Å²) in [5, 5.41) is 0.913. The smallest absolute Gasteiger partial charge is 0.258 e. The Morgan fingerprint density at radius 2 is 1.82 bits per heavy atom. The number of fused-ring (bicyclic) bond motifs is 1. The maximum atomic E-state index is 12.9. The summed E-state index contributed by atoms with van der Waals surface area (Å²) >= 11 is 5.99. The number of aromatic nitrogens is 2. The fraction of sp³-hybridized carbons (Fsp3) is 0.200. The molecule has 2 aromatic carbocycles. The topological polar surface area (TPSA) is 109 Å². The number of aromatic amines is 1. The second-order valence-corrected chi connectivity index (χ2v) is 6.78. The Morgan fingerprint density at radius 1 is 1.14 bits per heavy atom. The number of hydrogen-bond acceptors (Lipinski definition) is 4. The van der Waals surface area contributed by atoms with E-state index in [0.717, 1.165) is 6.42 Å². The predicted octanol–water partition coefficient (Wildman–Crippen LogP) is 2.73. The molecule has 0 radical (unpaired) electrons. The normalized spacial score (nSPS) is 10.8. The van der Waals surface area contributed by atoms with Crippen molar-refractivity contribution in [3.63, 3.8) is 0 Å². The number of nitrogens with two attached hydrogens (primary N) is 1. The Bertz CT molecular complexity index is 1090. The number of carbonyl (C=O) groups excluding carboxylic acids is 2. The lowest BCUT2D eigenvalue weighted by molar-refractivity contribution is 0.0738. The van der Waals surface area contributed by atoms with Crippen molar-refractivity contribution in [2.24, 2.45) is 5.73 Å². The number of halogens is 1. The summed E-state index contributed by atoms with van der Waals surface area (Å²) < 4.78 is 0. The molecule has 0 spiro atoms. The van der Waals surface area contributed by atoms with E-state index < -0.39 is 5.91 Å². The molecule has 7 nitrogen and oxygen atoms in total. The molecule has 1 aromatic heterocycles. The molecular weight excluding hydrogens is 380 g/mol. The average molecular weight is 399 g/mol. The number of benzene rings is 2. The van der Waals surface area contributed by atoms with Crippen LogP contribution in [-0.2, 0) is 6.54 Å². The van der Waals surface area contributed by atoms with E-state index in [-0.39, 0.29) is 18.0 Å². The molecule has 0 saturated heterocycles. The molecule has 3 rings (SSSR count). The monoisotopic (exact) mass is 398 g/mol. The highest BCUT2D eigenvalue weighted by Crippen LogP contribution is 2.16. The standard InChI is InChI=1S/C20H19ClN4O3/c1-2-9-25(20(28)13-5-3-12(4-6-13)18(22)26)11-17-23-16-10-14(21)7-8-15(16)19(27)24-17/h3-8,10H,2,9,11H2,1H3,(H2,22,26)(H,23,24,27). The van der Waals surface area contributed by atoms with E-state index in [2.05, 4.69) is 9.97 Å². The molecule has 0 aliphatic heterocycles. The number of carbonyl (C=O) groups is 2. The van der Waals surface area contributed by atoms with E-state index in [1.54, 1.807) is 35.2 Å². The second-order valence-electron chi connectivity index (χ2n) is 6.34. The van der Waals surface area contributed by atoms with Gasteiger partial charge in [0.2, 0.25) is 5.91 Å². The van der Waals surface area contributed by atoms with Crippen LogP contribution < -0.4 is 11.3 Å². The molecule has 28 heavy (non-hydrogen) atoms. The Balaban J connectivity index is 1.90. The van der Waals surface area contributed by atoms with Crippen LogP contribution in [0.2, 0.25) is 5.02 Å². The van der Waals surface area contributed by atoms with Gasteiger partial charge in [-0.05, 0) is 48.9 Å². The van der Waals surface area contributed by atoms with Crippen molar-refractivity contribution in [2.45, 2.75) is 19.9 Å². The zero-order valence-electron chi connectivity index (χ0n) is 15.2. The van der Waals surface area contributed by atoms with Crippen molar-refractivity contribution < 1.29 is 9.59 Å². The summed E-state index contributed by atoms with van der Waals surface area (Å²) in [5.74, 6) is -0.414. The van der Waals surface area contributed by atoms with Crippen molar-refractivity contribution >= 4 is 34.3 Å². The van der Waals surface area contributed by atoms with Gasteiger partial charge in [-0.25, -0.2) is 4.98 Å². The maximum absolute atomic E-state index is 12.9. The van der Waals surface area contributed by atoms with Gasteiger partial charge in [-0.2, -0.15) is 0 Å². The maximum Gasteiger partial charge on any atom is 0.258 e. The quantitative estimate of drug-likeness (QED) is 0.665. The van der Waals surface area contributed by atoms with Gasteiger partial charge in [-0.1, -0.05) is 18.5 Å². The lowest BCUT2D eigenvalue weighted by Crippen LogP contribution is -2.32. The lowest BCUT2D eigenvalue weighted by atomic mass is 10.1. The molecule has 1 heterocycles. The van der Waals surface area contributed by atoms with Crippen LogP contribution in [0.3, 0.4) is 0 Å². The summed E-state index contributed by atoms with van der Waals surface area (Å²) in [6.45, 7) is 2.57. The molecule has 0 aliphatic rings. The number of primary amides is 1. The Kier molecular flexibility index (Phi) is 5.75. The number of nitrogens with zero attached hydrogens (tertiary/aromatic N) is 2. The number of nitrogens with one attached hydrogen (secondary N) is 1. The first-order valence-corrected chi connectivity index (χ1v) is 9.14. The fourth-order valence-corrected chi connectivity index (χ4v) is 3.07. The van der Waals surface area contributed by atoms with Crippen LogP contribution in [0.4, 0.5) is 0 Å². The first kappa shape index (κ1) is 19.6. The van der Waals surface area contributed by atoms with Crippen molar-refractivity contribution in [1.82, 2.24) is 14.9 Å². The zero-order valence-corrected chi connectivity index (χ0v) is 16.0. The fourth-order valence-electron chi connectivity index (χ4n) is 2.90. The molecule has 0 bridgehead atoms. The van der Waals surface area contributed by atoms with Crippen LogP contribution >= 0.6 is 11.6 Å². The first-order valence-electron chi connectivity index (χ1n) is 8.76. The third-order valence-corrected chi connectivity index (χ3v) is 4.49. The van der Waals surface area contributed by atoms with Gasteiger partial charge in [0.25, 0.3) is 11.5 Å². The second kappa shape index (κ2) is 8.22. The Labute approximate surface area is 166 Å². The van der Waals surface area contributed by atoms with Gasteiger partial charge >= 0.3 is 0 Å². The molecule has 8 heteroatoms. The van der Waals surface area contributed by atoms with Crippen molar-refractivity contribution in [3.05, 3.63) is 74.8 Å². The van der Waals surface area contributed by atoms with E-state index in [9.17, 15) is 14.4 Å². The van der Waals surface area contributed by atoms with Crippen molar-refractivity contribution in [3.8, 4) is 0 Å². The minimum atomic E-state index is -0.555. The molecule has 144 valence electrons. The van der Waals surface area contributed by atoms with Crippen LogP contribution in [0.25, 0.3) is 10.9 Å². The van der Waals surface area contributed by atoms with Crippen molar-refractivity contribution in [1.29, 1.82) is 0 Å². The van der Waals surface area contributed by atoms with Gasteiger partial charge in [-0.15, -0.1) is 0 Å².